The highest BCUT2D eigenvalue weighted by Crippen LogP contribution is 2.36. The summed E-state index contributed by atoms with van der Waals surface area (Å²) in [5.41, 5.74) is -0.763. The minimum absolute atomic E-state index is 0.143. The van der Waals surface area contributed by atoms with Crippen LogP contribution in [0.25, 0.3) is 0 Å². The molecule has 0 N–H and O–H groups in total. The van der Waals surface area contributed by atoms with Crippen LogP contribution in [0, 0.1) is 11.3 Å². The van der Waals surface area contributed by atoms with Crippen molar-refractivity contribution in [3.8, 4) is 6.07 Å². The van der Waals surface area contributed by atoms with Gasteiger partial charge in [0.1, 0.15) is 12.1 Å². The Morgan fingerprint density at radius 3 is 2.50 bits per heavy atom. The lowest BCUT2D eigenvalue weighted by molar-refractivity contribution is -0.175. The minimum atomic E-state index is -4.38. The average Bonchev–Trinajstić information content (AvgIpc) is 2.22. The van der Waals surface area contributed by atoms with E-state index in [0.717, 1.165) is 6.42 Å². The smallest absolute Gasteiger partial charge is 0.372 e. The second-order valence-corrected chi connectivity index (χ2v) is 4.37. The van der Waals surface area contributed by atoms with Crippen LogP contribution in [-0.4, -0.2) is 42.8 Å². The molecule has 1 rings (SSSR count). The lowest BCUT2D eigenvalue weighted by Gasteiger charge is -2.43. The standard InChI is InChI=1S/C11H15F3N2O2/c1-16(10(7-15)4-2-5-10)9(17)3-6-18-8-11(12,13)14/h2-6,8H2,1H3. The van der Waals surface area contributed by atoms with E-state index in [2.05, 4.69) is 10.8 Å². The van der Waals surface area contributed by atoms with E-state index in [9.17, 15) is 18.0 Å². The summed E-state index contributed by atoms with van der Waals surface area (Å²) in [6.07, 6.45) is -2.40. The molecule has 0 heterocycles. The van der Waals surface area contributed by atoms with Crippen molar-refractivity contribution in [2.45, 2.75) is 37.4 Å². The fourth-order valence-corrected chi connectivity index (χ4v) is 1.79. The van der Waals surface area contributed by atoms with Gasteiger partial charge in [-0.1, -0.05) is 0 Å². The van der Waals surface area contributed by atoms with Gasteiger partial charge in [-0.05, 0) is 19.3 Å². The van der Waals surface area contributed by atoms with Gasteiger partial charge in [0.2, 0.25) is 5.91 Å². The quantitative estimate of drug-likeness (QED) is 0.712. The van der Waals surface area contributed by atoms with Crippen molar-refractivity contribution in [3.05, 3.63) is 0 Å². The van der Waals surface area contributed by atoms with Crippen LogP contribution in [0.3, 0.4) is 0 Å². The van der Waals surface area contributed by atoms with Crippen LogP contribution in [0.5, 0.6) is 0 Å². The highest BCUT2D eigenvalue weighted by Gasteiger charge is 2.43. The van der Waals surface area contributed by atoms with E-state index in [1.165, 1.54) is 11.9 Å². The van der Waals surface area contributed by atoms with Crippen molar-refractivity contribution in [1.29, 1.82) is 5.26 Å². The first-order chi connectivity index (χ1) is 8.31. The number of hydrogen-bond donors (Lipinski definition) is 0. The molecule has 7 heteroatoms. The number of ether oxygens (including phenoxy) is 1. The van der Waals surface area contributed by atoms with Crippen molar-refractivity contribution in [1.82, 2.24) is 4.90 Å². The van der Waals surface area contributed by atoms with Crippen molar-refractivity contribution in [3.63, 3.8) is 0 Å². The Hall–Kier alpha value is -1.29. The van der Waals surface area contributed by atoms with Crippen LogP contribution in [0.15, 0.2) is 0 Å². The molecule has 0 bridgehead atoms. The van der Waals surface area contributed by atoms with E-state index in [0.29, 0.717) is 12.8 Å². The fourth-order valence-electron chi connectivity index (χ4n) is 1.79. The molecule has 0 aromatic heterocycles. The Kier molecular flexibility index (Phi) is 4.57. The summed E-state index contributed by atoms with van der Waals surface area (Å²) in [6.45, 7) is -1.64. The zero-order chi connectivity index (χ0) is 13.8. The summed E-state index contributed by atoms with van der Waals surface area (Å²) >= 11 is 0. The molecule has 0 radical (unpaired) electrons. The summed E-state index contributed by atoms with van der Waals surface area (Å²) in [4.78, 5) is 13.0. The highest BCUT2D eigenvalue weighted by atomic mass is 19.4. The molecular formula is C11H15F3N2O2. The molecule has 1 saturated carbocycles. The summed E-state index contributed by atoms with van der Waals surface area (Å²) in [5, 5.41) is 9.01. The van der Waals surface area contributed by atoms with Gasteiger partial charge >= 0.3 is 6.18 Å². The molecule has 102 valence electrons. The molecule has 0 atom stereocenters. The molecular weight excluding hydrogens is 249 g/mol. The zero-order valence-electron chi connectivity index (χ0n) is 10.1. The molecule has 0 aliphatic heterocycles. The molecule has 0 spiro atoms. The number of rotatable bonds is 5. The van der Waals surface area contributed by atoms with Crippen LogP contribution in [0.2, 0.25) is 0 Å². The predicted molar refractivity (Wildman–Crippen MR) is 56.5 cm³/mol. The number of nitrogens with zero attached hydrogens (tertiary/aromatic N) is 2. The third-order valence-corrected chi connectivity index (χ3v) is 3.13. The van der Waals surface area contributed by atoms with Gasteiger partial charge in [-0.2, -0.15) is 18.4 Å². The maximum Gasteiger partial charge on any atom is 0.411 e. The van der Waals surface area contributed by atoms with Crippen LogP contribution < -0.4 is 0 Å². The molecule has 0 aromatic carbocycles. The average molecular weight is 264 g/mol. The molecule has 18 heavy (non-hydrogen) atoms. The van der Waals surface area contributed by atoms with Gasteiger partial charge in [0.05, 0.1) is 19.1 Å². The summed E-state index contributed by atoms with van der Waals surface area (Å²) < 4.78 is 39.7. The minimum Gasteiger partial charge on any atom is -0.372 e. The Balaban J connectivity index is 2.31. The van der Waals surface area contributed by atoms with E-state index in [-0.39, 0.29) is 18.9 Å². The monoisotopic (exact) mass is 264 g/mol. The first kappa shape index (κ1) is 14.8. The summed E-state index contributed by atoms with van der Waals surface area (Å²) in [7, 11) is 1.51. The normalized spacial score (nSPS) is 17.7. The van der Waals surface area contributed by atoms with Gasteiger partial charge < -0.3 is 9.64 Å². The van der Waals surface area contributed by atoms with Gasteiger partial charge in [-0.3, -0.25) is 4.79 Å². The topological polar surface area (TPSA) is 53.3 Å². The third kappa shape index (κ3) is 3.60. The van der Waals surface area contributed by atoms with E-state index in [1.807, 2.05) is 0 Å². The molecule has 0 unspecified atom stereocenters. The Labute approximate surface area is 103 Å². The van der Waals surface area contributed by atoms with Crippen molar-refractivity contribution >= 4 is 5.91 Å². The van der Waals surface area contributed by atoms with Crippen LogP contribution in [0.1, 0.15) is 25.7 Å². The number of alkyl halides is 3. The highest BCUT2D eigenvalue weighted by molar-refractivity contribution is 5.77. The van der Waals surface area contributed by atoms with Gasteiger partial charge in [0.25, 0.3) is 0 Å². The predicted octanol–water partition coefficient (Wildman–Crippen LogP) is 1.86. The number of nitriles is 1. The lowest BCUT2D eigenvalue weighted by atomic mass is 9.76. The van der Waals surface area contributed by atoms with Crippen molar-refractivity contribution in [2.24, 2.45) is 0 Å². The second kappa shape index (κ2) is 5.57. The molecule has 1 aliphatic rings. The SMILES string of the molecule is CN(C(=O)CCOCC(F)(F)F)C1(C#N)CCC1. The molecule has 0 aromatic rings. The summed E-state index contributed by atoms with van der Waals surface area (Å²) in [5.74, 6) is -0.363. The second-order valence-electron chi connectivity index (χ2n) is 4.37. The van der Waals surface area contributed by atoms with E-state index in [4.69, 9.17) is 5.26 Å². The number of halogens is 3. The van der Waals surface area contributed by atoms with Crippen LogP contribution in [0.4, 0.5) is 13.2 Å². The van der Waals surface area contributed by atoms with E-state index < -0.39 is 18.3 Å². The van der Waals surface area contributed by atoms with Gasteiger partial charge in [-0.15, -0.1) is 0 Å². The van der Waals surface area contributed by atoms with Gasteiger partial charge in [-0.25, -0.2) is 0 Å². The summed E-state index contributed by atoms with van der Waals surface area (Å²) in [6, 6.07) is 2.09. The molecule has 0 saturated heterocycles. The number of amides is 1. The van der Waals surface area contributed by atoms with E-state index >= 15 is 0 Å². The number of hydrogen-bond acceptors (Lipinski definition) is 3. The van der Waals surface area contributed by atoms with Crippen molar-refractivity contribution in [2.75, 3.05) is 20.3 Å². The molecule has 4 nitrogen and oxygen atoms in total. The Morgan fingerprint density at radius 1 is 1.50 bits per heavy atom. The molecule has 1 amide bonds. The van der Waals surface area contributed by atoms with E-state index in [1.54, 1.807) is 0 Å². The van der Waals surface area contributed by atoms with Gasteiger partial charge in [0.15, 0.2) is 0 Å². The number of carbonyl (C=O) groups excluding carboxylic acids is 1. The first-order valence-corrected chi connectivity index (χ1v) is 5.63. The van der Waals surface area contributed by atoms with Crippen LogP contribution in [-0.2, 0) is 9.53 Å². The number of carbonyl (C=O) groups is 1. The fraction of sp³-hybridized carbons (Fsp3) is 0.818. The Morgan fingerprint density at radius 2 is 2.11 bits per heavy atom. The Bertz CT molecular complexity index is 345. The van der Waals surface area contributed by atoms with Crippen LogP contribution >= 0.6 is 0 Å². The molecule has 1 fully saturated rings. The zero-order valence-corrected chi connectivity index (χ0v) is 10.1. The molecule has 1 aliphatic carbocycles. The van der Waals surface area contributed by atoms with Gasteiger partial charge in [0, 0.05) is 7.05 Å². The first-order valence-electron chi connectivity index (χ1n) is 5.63. The maximum atomic E-state index is 11.8. The van der Waals surface area contributed by atoms with Crippen molar-refractivity contribution < 1.29 is 22.7 Å². The maximum absolute atomic E-state index is 11.8. The lowest BCUT2D eigenvalue weighted by Crippen LogP contribution is -2.53. The third-order valence-electron chi connectivity index (χ3n) is 3.13. The largest absolute Gasteiger partial charge is 0.411 e.